The Hall–Kier alpha value is -0.970. The summed E-state index contributed by atoms with van der Waals surface area (Å²) in [4.78, 5) is 11.7. The molecule has 0 aliphatic carbocycles. The quantitative estimate of drug-likeness (QED) is 0.830. The maximum absolute atomic E-state index is 13.3. The van der Waals surface area contributed by atoms with Crippen LogP contribution in [0.3, 0.4) is 0 Å². The van der Waals surface area contributed by atoms with Gasteiger partial charge in [0.25, 0.3) is 0 Å². The van der Waals surface area contributed by atoms with Gasteiger partial charge in [0.05, 0.1) is 6.42 Å². The minimum absolute atomic E-state index is 0.145. The lowest BCUT2D eigenvalue weighted by Gasteiger charge is -2.14. The molecule has 100 valence electrons. The molecule has 0 aromatic heterocycles. The van der Waals surface area contributed by atoms with Gasteiger partial charge in [0, 0.05) is 16.9 Å². The number of hydrogen-bond acceptors (Lipinski definition) is 1. The minimum Gasteiger partial charge on any atom is -0.355 e. The van der Waals surface area contributed by atoms with Crippen molar-refractivity contribution >= 4 is 21.8 Å². The Morgan fingerprint density at radius 3 is 2.39 bits per heavy atom. The topological polar surface area (TPSA) is 29.1 Å². The van der Waals surface area contributed by atoms with Crippen molar-refractivity contribution in [1.29, 1.82) is 0 Å². The van der Waals surface area contributed by atoms with Crippen molar-refractivity contribution in [2.24, 2.45) is 5.92 Å². The first-order chi connectivity index (χ1) is 8.41. The average Bonchev–Trinajstić information content (AvgIpc) is 2.30. The van der Waals surface area contributed by atoms with E-state index in [-0.39, 0.29) is 22.7 Å². The summed E-state index contributed by atoms with van der Waals surface area (Å²) >= 11 is 3.42. The molecule has 1 N–H and O–H groups in total. The molecule has 0 radical (unpaired) electrons. The summed E-state index contributed by atoms with van der Waals surface area (Å²) in [5, 5.41) is 2.65. The lowest BCUT2D eigenvalue weighted by Crippen LogP contribution is -2.33. The molecule has 0 spiro atoms. The first-order valence-electron chi connectivity index (χ1n) is 5.75. The third kappa shape index (κ3) is 4.37. The zero-order valence-electron chi connectivity index (χ0n) is 10.3. The zero-order chi connectivity index (χ0) is 13.7. The van der Waals surface area contributed by atoms with E-state index in [2.05, 4.69) is 21.2 Å². The second kappa shape index (κ2) is 6.83. The first kappa shape index (κ1) is 15.1. The summed E-state index contributed by atoms with van der Waals surface area (Å²) in [6, 6.07) is 3.57. The lowest BCUT2D eigenvalue weighted by atomic mass is 10.1. The Kier molecular flexibility index (Phi) is 5.72. The molecule has 18 heavy (non-hydrogen) atoms. The van der Waals surface area contributed by atoms with Crippen LogP contribution in [0.5, 0.6) is 0 Å². The Morgan fingerprint density at radius 1 is 1.33 bits per heavy atom. The van der Waals surface area contributed by atoms with E-state index < -0.39 is 11.6 Å². The number of nitrogens with one attached hydrogen (secondary N) is 1. The molecule has 1 aromatic carbocycles. The summed E-state index contributed by atoms with van der Waals surface area (Å²) in [5.74, 6) is -1.39. The van der Waals surface area contributed by atoms with Gasteiger partial charge in [-0.3, -0.25) is 4.79 Å². The number of alkyl halides is 1. The molecule has 1 amide bonds. The van der Waals surface area contributed by atoms with E-state index in [0.717, 1.165) is 12.1 Å². The van der Waals surface area contributed by atoms with Crippen LogP contribution in [-0.2, 0) is 11.2 Å². The Balaban J connectivity index is 2.55. The number of rotatable bonds is 5. The summed E-state index contributed by atoms with van der Waals surface area (Å²) < 4.78 is 26.6. The van der Waals surface area contributed by atoms with Crippen molar-refractivity contribution in [1.82, 2.24) is 5.32 Å². The highest BCUT2D eigenvalue weighted by Crippen LogP contribution is 2.13. The van der Waals surface area contributed by atoms with E-state index in [1.54, 1.807) is 0 Å². The van der Waals surface area contributed by atoms with Gasteiger partial charge in [0.15, 0.2) is 0 Å². The lowest BCUT2D eigenvalue weighted by molar-refractivity contribution is -0.120. The normalized spacial score (nSPS) is 12.6. The number of benzene rings is 1. The van der Waals surface area contributed by atoms with E-state index in [1.807, 2.05) is 13.8 Å². The molecule has 2 nitrogen and oxygen atoms in total. The Bertz CT molecular complexity index is 403. The van der Waals surface area contributed by atoms with Crippen molar-refractivity contribution in [3.8, 4) is 0 Å². The third-order valence-electron chi connectivity index (χ3n) is 2.62. The molecular formula is C13H16BrF2NO. The van der Waals surface area contributed by atoms with Crippen LogP contribution in [0.2, 0.25) is 0 Å². The summed E-state index contributed by atoms with van der Waals surface area (Å²) in [5.41, 5.74) is -0.189. The minimum atomic E-state index is -0.690. The number of carbonyl (C=O) groups excluding carboxylic acids is 1. The maximum Gasteiger partial charge on any atom is 0.224 e. The predicted molar refractivity (Wildman–Crippen MR) is 70.6 cm³/mol. The van der Waals surface area contributed by atoms with Gasteiger partial charge in [-0.2, -0.15) is 0 Å². The van der Waals surface area contributed by atoms with E-state index in [4.69, 9.17) is 0 Å². The monoisotopic (exact) mass is 319 g/mol. The van der Waals surface area contributed by atoms with E-state index in [1.165, 1.54) is 6.07 Å². The van der Waals surface area contributed by atoms with Crippen LogP contribution < -0.4 is 5.32 Å². The van der Waals surface area contributed by atoms with Gasteiger partial charge in [-0.05, 0) is 18.1 Å². The van der Waals surface area contributed by atoms with Gasteiger partial charge in [-0.15, -0.1) is 0 Å². The van der Waals surface area contributed by atoms with Crippen LogP contribution in [-0.4, -0.2) is 17.3 Å². The largest absolute Gasteiger partial charge is 0.355 e. The highest BCUT2D eigenvalue weighted by atomic mass is 79.9. The van der Waals surface area contributed by atoms with Crippen molar-refractivity contribution in [2.45, 2.75) is 25.1 Å². The molecule has 1 atom stereocenters. The SMILES string of the molecule is CC(C)C(Br)CNC(=O)Cc1c(F)cccc1F. The van der Waals surface area contributed by atoms with Gasteiger partial charge in [0.2, 0.25) is 5.91 Å². The maximum atomic E-state index is 13.3. The van der Waals surface area contributed by atoms with E-state index in [9.17, 15) is 13.6 Å². The fourth-order valence-electron chi connectivity index (χ4n) is 1.37. The van der Waals surface area contributed by atoms with Gasteiger partial charge in [0.1, 0.15) is 11.6 Å². The van der Waals surface area contributed by atoms with Crippen molar-refractivity contribution in [2.75, 3.05) is 6.54 Å². The molecule has 0 fully saturated rings. The van der Waals surface area contributed by atoms with Gasteiger partial charge >= 0.3 is 0 Å². The molecule has 0 aliphatic heterocycles. The Labute approximate surface area is 114 Å². The molecule has 0 bridgehead atoms. The van der Waals surface area contributed by atoms with Crippen molar-refractivity contribution in [3.05, 3.63) is 35.4 Å². The standard InChI is InChI=1S/C13H16BrF2NO/c1-8(2)10(14)7-17-13(18)6-9-11(15)4-3-5-12(9)16/h3-5,8,10H,6-7H2,1-2H3,(H,17,18). The van der Waals surface area contributed by atoms with E-state index >= 15 is 0 Å². The molecule has 0 aliphatic rings. The zero-order valence-corrected chi connectivity index (χ0v) is 11.9. The molecular weight excluding hydrogens is 304 g/mol. The number of amides is 1. The second-order valence-electron chi connectivity index (χ2n) is 4.44. The fourth-order valence-corrected chi connectivity index (χ4v) is 1.53. The summed E-state index contributed by atoms with van der Waals surface area (Å²) in [6.07, 6.45) is -0.281. The van der Waals surface area contributed by atoms with Crippen LogP contribution in [0.25, 0.3) is 0 Å². The smallest absolute Gasteiger partial charge is 0.224 e. The molecule has 1 aromatic rings. The second-order valence-corrected chi connectivity index (χ2v) is 5.62. The number of halogens is 3. The summed E-state index contributed by atoms with van der Waals surface area (Å²) in [6.45, 7) is 4.47. The van der Waals surface area contributed by atoms with Crippen LogP contribution in [0.15, 0.2) is 18.2 Å². The van der Waals surface area contributed by atoms with Crippen LogP contribution in [0, 0.1) is 17.6 Å². The number of carbonyl (C=O) groups is 1. The Morgan fingerprint density at radius 2 is 1.89 bits per heavy atom. The molecule has 5 heteroatoms. The van der Waals surface area contributed by atoms with E-state index in [0.29, 0.717) is 12.5 Å². The van der Waals surface area contributed by atoms with Crippen molar-refractivity contribution < 1.29 is 13.6 Å². The van der Waals surface area contributed by atoms with Crippen LogP contribution >= 0.6 is 15.9 Å². The molecule has 1 rings (SSSR count). The molecule has 0 heterocycles. The van der Waals surface area contributed by atoms with Crippen LogP contribution in [0.1, 0.15) is 19.4 Å². The molecule has 0 saturated heterocycles. The van der Waals surface area contributed by atoms with Gasteiger partial charge < -0.3 is 5.32 Å². The van der Waals surface area contributed by atoms with Gasteiger partial charge in [-0.1, -0.05) is 35.8 Å². The first-order valence-corrected chi connectivity index (χ1v) is 6.67. The highest BCUT2D eigenvalue weighted by Gasteiger charge is 2.14. The molecule has 0 saturated carbocycles. The number of hydrogen-bond donors (Lipinski definition) is 1. The summed E-state index contributed by atoms with van der Waals surface area (Å²) in [7, 11) is 0. The van der Waals surface area contributed by atoms with Crippen molar-refractivity contribution in [3.63, 3.8) is 0 Å². The highest BCUT2D eigenvalue weighted by molar-refractivity contribution is 9.09. The van der Waals surface area contributed by atoms with Gasteiger partial charge in [-0.25, -0.2) is 8.78 Å². The fraction of sp³-hybridized carbons (Fsp3) is 0.462. The predicted octanol–water partition coefficient (Wildman–Crippen LogP) is 3.04. The third-order valence-corrected chi connectivity index (χ3v) is 4.00. The van der Waals surface area contributed by atoms with Crippen LogP contribution in [0.4, 0.5) is 8.78 Å². The average molecular weight is 320 g/mol. The molecule has 1 unspecified atom stereocenters.